The van der Waals surface area contributed by atoms with E-state index in [0.717, 1.165) is 0 Å². The predicted octanol–water partition coefficient (Wildman–Crippen LogP) is 3.54. The molecule has 0 bridgehead atoms. The summed E-state index contributed by atoms with van der Waals surface area (Å²) in [7, 11) is 0. The van der Waals surface area contributed by atoms with Gasteiger partial charge in [0.15, 0.2) is 0 Å². The molecule has 0 spiro atoms. The topological polar surface area (TPSA) is 66.4 Å². The first kappa shape index (κ1) is 14.2. The van der Waals surface area contributed by atoms with Gasteiger partial charge in [-0.25, -0.2) is 9.18 Å². The molecule has 0 fully saturated rings. The van der Waals surface area contributed by atoms with Gasteiger partial charge >= 0.3 is 5.97 Å². The van der Waals surface area contributed by atoms with Crippen LogP contribution in [0.1, 0.15) is 20.7 Å². The molecule has 2 aromatic rings. The van der Waals surface area contributed by atoms with Crippen LogP contribution in [0, 0.1) is 5.82 Å². The second kappa shape index (κ2) is 5.83. The molecule has 0 saturated carbocycles. The zero-order chi connectivity index (χ0) is 14.7. The van der Waals surface area contributed by atoms with E-state index in [0.29, 0.717) is 4.47 Å². The van der Waals surface area contributed by atoms with E-state index < -0.39 is 17.7 Å². The third-order valence-electron chi connectivity index (χ3n) is 2.56. The molecular weight excluding hydrogens is 329 g/mol. The summed E-state index contributed by atoms with van der Waals surface area (Å²) in [5.74, 6) is -2.42. The van der Waals surface area contributed by atoms with Gasteiger partial charge in [-0.15, -0.1) is 0 Å². The van der Waals surface area contributed by atoms with Crippen molar-refractivity contribution in [2.45, 2.75) is 0 Å². The largest absolute Gasteiger partial charge is 0.478 e. The predicted molar refractivity (Wildman–Crippen MR) is 75.5 cm³/mol. The summed E-state index contributed by atoms with van der Waals surface area (Å²) in [5, 5.41) is 11.3. The number of hydrogen-bond acceptors (Lipinski definition) is 2. The summed E-state index contributed by atoms with van der Waals surface area (Å²) >= 11 is 3.10. The number of carbonyl (C=O) groups excluding carboxylic acids is 1. The van der Waals surface area contributed by atoms with E-state index in [-0.39, 0.29) is 16.8 Å². The van der Waals surface area contributed by atoms with Crippen molar-refractivity contribution in [3.8, 4) is 0 Å². The Morgan fingerprint density at radius 3 is 2.50 bits per heavy atom. The molecule has 6 heteroatoms. The van der Waals surface area contributed by atoms with E-state index in [1.165, 1.54) is 36.4 Å². The van der Waals surface area contributed by atoms with Gasteiger partial charge in [-0.2, -0.15) is 0 Å². The minimum absolute atomic E-state index is 0.0374. The van der Waals surface area contributed by atoms with Gasteiger partial charge < -0.3 is 10.4 Å². The highest BCUT2D eigenvalue weighted by molar-refractivity contribution is 9.10. The van der Waals surface area contributed by atoms with Gasteiger partial charge in [0.05, 0.1) is 11.1 Å². The number of amides is 1. The van der Waals surface area contributed by atoms with Crippen LogP contribution in [0.3, 0.4) is 0 Å². The highest BCUT2D eigenvalue weighted by Gasteiger charge is 2.15. The Morgan fingerprint density at radius 2 is 1.85 bits per heavy atom. The van der Waals surface area contributed by atoms with Crippen molar-refractivity contribution in [3.05, 3.63) is 63.9 Å². The number of anilines is 1. The standard InChI is InChI=1S/C14H9BrFNO3/c15-10-5-2-6-11(16)12(10)13(18)17-9-4-1-3-8(7-9)14(19)20/h1-7H,(H,17,18)(H,19,20). The number of halogens is 2. The molecule has 0 aromatic heterocycles. The Bertz CT molecular complexity index is 668. The van der Waals surface area contributed by atoms with Gasteiger partial charge in [-0.05, 0) is 46.3 Å². The quantitative estimate of drug-likeness (QED) is 0.900. The van der Waals surface area contributed by atoms with Crippen molar-refractivity contribution in [1.29, 1.82) is 0 Å². The molecule has 4 nitrogen and oxygen atoms in total. The lowest BCUT2D eigenvalue weighted by molar-refractivity contribution is 0.0696. The molecule has 0 aliphatic carbocycles. The lowest BCUT2D eigenvalue weighted by atomic mass is 10.1. The molecule has 0 unspecified atom stereocenters. The highest BCUT2D eigenvalue weighted by Crippen LogP contribution is 2.21. The third-order valence-corrected chi connectivity index (χ3v) is 3.22. The summed E-state index contributed by atoms with van der Waals surface area (Å²) in [6.07, 6.45) is 0. The lowest BCUT2D eigenvalue weighted by Crippen LogP contribution is -2.15. The maximum atomic E-state index is 13.6. The molecule has 2 rings (SSSR count). The first-order valence-corrected chi connectivity index (χ1v) is 6.37. The number of aromatic carboxylic acids is 1. The maximum Gasteiger partial charge on any atom is 0.335 e. The summed E-state index contributed by atoms with van der Waals surface area (Å²) in [6, 6.07) is 9.92. The normalized spacial score (nSPS) is 10.1. The average molecular weight is 338 g/mol. The summed E-state index contributed by atoms with van der Waals surface area (Å²) < 4.78 is 13.9. The molecule has 0 aliphatic rings. The molecule has 2 N–H and O–H groups in total. The Balaban J connectivity index is 2.28. The second-order valence-corrected chi connectivity index (χ2v) is 4.79. The number of hydrogen-bond donors (Lipinski definition) is 2. The van der Waals surface area contributed by atoms with Crippen LogP contribution in [0.2, 0.25) is 0 Å². The number of carbonyl (C=O) groups is 2. The number of carboxylic acids is 1. The molecule has 0 radical (unpaired) electrons. The van der Waals surface area contributed by atoms with Gasteiger partial charge in [0.1, 0.15) is 5.82 Å². The van der Waals surface area contributed by atoms with Crippen LogP contribution < -0.4 is 5.32 Å². The van der Waals surface area contributed by atoms with Gasteiger partial charge in [-0.1, -0.05) is 12.1 Å². The van der Waals surface area contributed by atoms with Crippen LogP contribution in [0.15, 0.2) is 46.9 Å². The van der Waals surface area contributed by atoms with Crippen LogP contribution in [0.25, 0.3) is 0 Å². The Morgan fingerprint density at radius 1 is 1.15 bits per heavy atom. The molecule has 0 saturated heterocycles. The van der Waals surface area contributed by atoms with Crippen molar-refractivity contribution < 1.29 is 19.1 Å². The Hall–Kier alpha value is -2.21. The number of nitrogens with one attached hydrogen (secondary N) is 1. The number of carboxylic acid groups (broad SMARTS) is 1. The zero-order valence-corrected chi connectivity index (χ0v) is 11.6. The first-order valence-electron chi connectivity index (χ1n) is 5.58. The molecule has 2 aromatic carbocycles. The van der Waals surface area contributed by atoms with Crippen LogP contribution in [0.5, 0.6) is 0 Å². The van der Waals surface area contributed by atoms with Crippen LogP contribution >= 0.6 is 15.9 Å². The van der Waals surface area contributed by atoms with Gasteiger partial charge in [0.25, 0.3) is 5.91 Å². The van der Waals surface area contributed by atoms with Crippen molar-refractivity contribution in [1.82, 2.24) is 0 Å². The van der Waals surface area contributed by atoms with Gasteiger partial charge in [-0.3, -0.25) is 4.79 Å². The molecule has 102 valence electrons. The van der Waals surface area contributed by atoms with E-state index in [9.17, 15) is 14.0 Å². The molecule has 0 heterocycles. The summed E-state index contributed by atoms with van der Waals surface area (Å²) in [5.41, 5.74) is 0.189. The van der Waals surface area contributed by atoms with Crippen LogP contribution in [0.4, 0.5) is 10.1 Å². The van der Waals surface area contributed by atoms with Gasteiger partial charge in [0, 0.05) is 10.2 Å². The van der Waals surface area contributed by atoms with E-state index in [2.05, 4.69) is 21.2 Å². The molecule has 20 heavy (non-hydrogen) atoms. The average Bonchev–Trinajstić information content (AvgIpc) is 2.38. The molecule has 0 aliphatic heterocycles. The third kappa shape index (κ3) is 3.03. The van der Waals surface area contributed by atoms with E-state index >= 15 is 0 Å². The van der Waals surface area contributed by atoms with Crippen molar-refractivity contribution in [2.75, 3.05) is 5.32 Å². The summed E-state index contributed by atoms with van der Waals surface area (Å²) in [4.78, 5) is 22.8. The monoisotopic (exact) mass is 337 g/mol. The van der Waals surface area contributed by atoms with E-state index in [4.69, 9.17) is 5.11 Å². The Labute approximate surface area is 122 Å². The second-order valence-electron chi connectivity index (χ2n) is 3.94. The minimum atomic E-state index is -1.10. The molecule has 1 amide bonds. The van der Waals surface area contributed by atoms with E-state index in [1.807, 2.05) is 0 Å². The minimum Gasteiger partial charge on any atom is -0.478 e. The molecule has 0 atom stereocenters. The summed E-state index contributed by atoms with van der Waals surface area (Å²) in [6.45, 7) is 0. The van der Waals surface area contributed by atoms with Crippen molar-refractivity contribution in [3.63, 3.8) is 0 Å². The lowest BCUT2D eigenvalue weighted by Gasteiger charge is -2.08. The SMILES string of the molecule is O=C(O)c1cccc(NC(=O)c2c(F)cccc2Br)c1. The molecular formula is C14H9BrFNO3. The fourth-order valence-electron chi connectivity index (χ4n) is 1.64. The smallest absolute Gasteiger partial charge is 0.335 e. The van der Waals surface area contributed by atoms with Crippen molar-refractivity contribution in [2.24, 2.45) is 0 Å². The highest BCUT2D eigenvalue weighted by atomic mass is 79.9. The fraction of sp³-hybridized carbons (Fsp3) is 0. The number of rotatable bonds is 3. The zero-order valence-electron chi connectivity index (χ0n) is 10.1. The van der Waals surface area contributed by atoms with Gasteiger partial charge in [0.2, 0.25) is 0 Å². The first-order chi connectivity index (χ1) is 9.49. The fourth-order valence-corrected chi connectivity index (χ4v) is 2.16. The van der Waals surface area contributed by atoms with Crippen LogP contribution in [-0.4, -0.2) is 17.0 Å². The number of benzene rings is 2. The maximum absolute atomic E-state index is 13.6. The van der Waals surface area contributed by atoms with Crippen molar-refractivity contribution >= 4 is 33.5 Å². The van der Waals surface area contributed by atoms with E-state index in [1.54, 1.807) is 6.07 Å². The Kier molecular flexibility index (Phi) is 4.14. The van der Waals surface area contributed by atoms with Crippen LogP contribution in [-0.2, 0) is 0 Å².